The third-order valence-electron chi connectivity index (χ3n) is 5.79. The highest BCUT2D eigenvalue weighted by atomic mass is 32.2. The van der Waals surface area contributed by atoms with Gasteiger partial charge in [-0.25, -0.2) is 4.39 Å². The maximum atomic E-state index is 14.9. The highest BCUT2D eigenvalue weighted by Crippen LogP contribution is 2.38. The highest BCUT2D eigenvalue weighted by Gasteiger charge is 2.29. The average Bonchev–Trinajstić information content (AvgIpc) is 3.14. The van der Waals surface area contributed by atoms with Crippen molar-refractivity contribution >= 4 is 51.9 Å². The summed E-state index contributed by atoms with van der Waals surface area (Å²) in [6, 6.07) is 11.0. The molecule has 176 valence electrons. The molecule has 0 spiro atoms. The first kappa shape index (κ1) is 23.0. The van der Waals surface area contributed by atoms with Crippen LogP contribution in [0.5, 0.6) is 5.75 Å². The van der Waals surface area contributed by atoms with Gasteiger partial charge in [0.15, 0.2) is 18.2 Å². The number of nitrogens with zero attached hydrogens (tertiary/aromatic N) is 2. The van der Waals surface area contributed by atoms with Gasteiger partial charge in [-0.15, -0.1) is 0 Å². The number of benzene rings is 2. The van der Waals surface area contributed by atoms with Crippen LogP contribution in [0, 0.1) is 5.82 Å². The van der Waals surface area contributed by atoms with Gasteiger partial charge in [-0.3, -0.25) is 14.5 Å². The lowest BCUT2D eigenvalue weighted by Crippen LogP contribution is -2.38. The van der Waals surface area contributed by atoms with E-state index in [4.69, 9.17) is 21.7 Å². The average molecular weight is 500 g/mol. The predicted molar refractivity (Wildman–Crippen MR) is 132 cm³/mol. The van der Waals surface area contributed by atoms with Gasteiger partial charge in [0.2, 0.25) is 0 Å². The number of hydrogen-bond acceptors (Lipinski definition) is 7. The molecule has 3 aliphatic rings. The van der Waals surface area contributed by atoms with Crippen LogP contribution in [-0.2, 0) is 27.4 Å². The fourth-order valence-electron chi connectivity index (χ4n) is 4.07. The van der Waals surface area contributed by atoms with E-state index in [1.807, 2.05) is 12.1 Å². The maximum Gasteiger partial charge on any atom is 0.265 e. The monoisotopic (exact) mass is 499 g/mol. The molecule has 0 unspecified atom stereocenters. The molecular formula is C24H22FN3O4S2. The minimum Gasteiger partial charge on any atom is -0.478 e. The summed E-state index contributed by atoms with van der Waals surface area (Å²) in [5.74, 6) is -1.14. The molecule has 0 saturated carbocycles. The van der Waals surface area contributed by atoms with E-state index in [2.05, 4.69) is 22.3 Å². The van der Waals surface area contributed by atoms with Crippen molar-refractivity contribution in [1.29, 1.82) is 0 Å². The number of fused-ring (bicyclic) bond motifs is 1. The summed E-state index contributed by atoms with van der Waals surface area (Å²) in [7, 11) is 0. The Labute approximate surface area is 205 Å². The Hall–Kier alpha value is -2.79. The molecule has 2 aromatic rings. The Morgan fingerprint density at radius 2 is 1.79 bits per heavy atom. The van der Waals surface area contributed by atoms with E-state index in [9.17, 15) is 14.0 Å². The van der Waals surface area contributed by atoms with Gasteiger partial charge in [-0.2, -0.15) is 0 Å². The minimum absolute atomic E-state index is 0.0322. The number of rotatable bonds is 5. The van der Waals surface area contributed by atoms with Gasteiger partial charge in [-0.1, -0.05) is 48.2 Å². The Kier molecular flexibility index (Phi) is 6.64. The van der Waals surface area contributed by atoms with Crippen molar-refractivity contribution in [2.24, 2.45) is 0 Å². The van der Waals surface area contributed by atoms with Crippen molar-refractivity contribution < 1.29 is 23.5 Å². The van der Waals surface area contributed by atoms with Gasteiger partial charge < -0.3 is 19.7 Å². The molecule has 2 saturated heterocycles. The summed E-state index contributed by atoms with van der Waals surface area (Å²) in [4.78, 5) is 28.9. The van der Waals surface area contributed by atoms with Crippen molar-refractivity contribution in [3.8, 4) is 5.75 Å². The van der Waals surface area contributed by atoms with E-state index in [1.54, 1.807) is 12.1 Å². The Balaban J connectivity index is 1.37. The third-order valence-corrected chi connectivity index (χ3v) is 6.95. The topological polar surface area (TPSA) is 71.1 Å². The first-order valence-corrected chi connectivity index (χ1v) is 12.1. The molecule has 0 bridgehead atoms. The van der Waals surface area contributed by atoms with Crippen molar-refractivity contribution in [1.82, 2.24) is 10.2 Å². The van der Waals surface area contributed by atoms with Crippen LogP contribution in [0.4, 0.5) is 10.1 Å². The number of thioether (sulfide) groups is 1. The van der Waals surface area contributed by atoms with Gasteiger partial charge in [0.25, 0.3) is 11.8 Å². The fraction of sp³-hybridized carbons (Fsp3) is 0.292. The first-order valence-electron chi connectivity index (χ1n) is 10.9. The molecule has 7 nitrogen and oxygen atoms in total. The molecule has 2 amide bonds. The zero-order valence-corrected chi connectivity index (χ0v) is 19.8. The van der Waals surface area contributed by atoms with E-state index >= 15 is 0 Å². The van der Waals surface area contributed by atoms with Crippen molar-refractivity contribution in [2.75, 3.05) is 37.8 Å². The lowest BCUT2D eigenvalue weighted by atomic mass is 10.1. The third kappa shape index (κ3) is 5.00. The molecule has 0 aromatic heterocycles. The molecule has 2 fully saturated rings. The number of anilines is 1. The molecule has 2 aromatic carbocycles. The Morgan fingerprint density at radius 3 is 2.47 bits per heavy atom. The second-order valence-electron chi connectivity index (χ2n) is 8.18. The van der Waals surface area contributed by atoms with E-state index in [0.717, 1.165) is 50.2 Å². The summed E-state index contributed by atoms with van der Waals surface area (Å²) in [6.07, 6.45) is 1.56. The second kappa shape index (κ2) is 9.83. The number of carbonyl (C=O) groups excluding carboxylic acids is 2. The van der Waals surface area contributed by atoms with Gasteiger partial charge in [0.1, 0.15) is 4.32 Å². The van der Waals surface area contributed by atoms with Gasteiger partial charge in [0, 0.05) is 19.6 Å². The number of halogens is 1. The van der Waals surface area contributed by atoms with Crippen molar-refractivity contribution in [2.45, 2.75) is 13.1 Å². The molecule has 3 heterocycles. The number of ether oxygens (including phenoxy) is 2. The van der Waals surface area contributed by atoms with Crippen LogP contribution >= 0.6 is 24.0 Å². The molecule has 34 heavy (non-hydrogen) atoms. The van der Waals surface area contributed by atoms with Crippen LogP contribution in [-0.4, -0.2) is 53.9 Å². The number of carbonyl (C=O) groups is 2. The summed E-state index contributed by atoms with van der Waals surface area (Å²) in [5.41, 5.74) is 2.89. The summed E-state index contributed by atoms with van der Waals surface area (Å²) >= 11 is 6.13. The molecule has 0 aliphatic carbocycles. The SMILES string of the molecule is O=C1NC(=S)S/C1=C/c1cc(F)c2c(c1)N(Cc1ccc(CN3CCOCC3)cc1)C(=O)CO2. The summed E-state index contributed by atoms with van der Waals surface area (Å²) < 4.78 is 26.0. The maximum absolute atomic E-state index is 14.9. The predicted octanol–water partition coefficient (Wildman–Crippen LogP) is 3.07. The van der Waals surface area contributed by atoms with Gasteiger partial charge >= 0.3 is 0 Å². The van der Waals surface area contributed by atoms with Gasteiger partial charge in [-0.05, 0) is 34.9 Å². The molecule has 3 aliphatic heterocycles. The number of thiocarbonyl (C=S) groups is 1. The highest BCUT2D eigenvalue weighted by molar-refractivity contribution is 8.26. The van der Waals surface area contributed by atoms with Crippen LogP contribution in [0.1, 0.15) is 16.7 Å². The van der Waals surface area contributed by atoms with E-state index in [0.29, 0.717) is 20.5 Å². The van der Waals surface area contributed by atoms with Crippen molar-refractivity contribution in [3.05, 3.63) is 63.8 Å². The van der Waals surface area contributed by atoms with Crippen LogP contribution < -0.4 is 15.0 Å². The lowest BCUT2D eigenvalue weighted by Gasteiger charge is -2.30. The molecular weight excluding hydrogens is 477 g/mol. The smallest absolute Gasteiger partial charge is 0.265 e. The number of hydrogen-bond donors (Lipinski definition) is 1. The second-order valence-corrected chi connectivity index (χ2v) is 9.90. The molecule has 1 N–H and O–H groups in total. The van der Waals surface area contributed by atoms with Crippen LogP contribution in [0.25, 0.3) is 6.08 Å². The van der Waals surface area contributed by atoms with E-state index < -0.39 is 5.82 Å². The minimum atomic E-state index is -0.589. The summed E-state index contributed by atoms with van der Waals surface area (Å²) in [5, 5.41) is 2.54. The number of amides is 2. The lowest BCUT2D eigenvalue weighted by molar-refractivity contribution is -0.121. The molecule has 0 atom stereocenters. The zero-order valence-electron chi connectivity index (χ0n) is 18.2. The first-order chi connectivity index (χ1) is 16.5. The Bertz CT molecular complexity index is 1180. The summed E-state index contributed by atoms with van der Waals surface area (Å²) in [6.45, 7) is 4.23. The zero-order chi connectivity index (χ0) is 23.7. The quantitative estimate of drug-likeness (QED) is 0.501. The van der Waals surface area contributed by atoms with Crippen LogP contribution in [0.2, 0.25) is 0 Å². The van der Waals surface area contributed by atoms with E-state index in [1.165, 1.54) is 16.5 Å². The normalized spacial score (nSPS) is 19.9. The molecule has 0 radical (unpaired) electrons. The largest absolute Gasteiger partial charge is 0.478 e. The van der Waals surface area contributed by atoms with Gasteiger partial charge in [0.05, 0.1) is 30.4 Å². The molecule has 10 heteroatoms. The van der Waals surface area contributed by atoms with Crippen LogP contribution in [0.3, 0.4) is 0 Å². The molecule has 5 rings (SSSR count). The number of morpholine rings is 1. The Morgan fingerprint density at radius 1 is 1.09 bits per heavy atom. The standard InChI is InChI=1S/C24H22FN3O4S2/c25-18-9-17(11-20-23(30)26-24(33)34-20)10-19-22(18)32-14-21(29)28(19)13-16-3-1-15(2-4-16)12-27-5-7-31-8-6-27/h1-4,9-11H,5-8,12-14H2,(H,26,30,33)/b20-11+. The van der Waals surface area contributed by atoms with Crippen molar-refractivity contribution in [3.63, 3.8) is 0 Å². The van der Waals surface area contributed by atoms with Crippen LogP contribution in [0.15, 0.2) is 41.3 Å². The van der Waals surface area contributed by atoms with E-state index in [-0.39, 0.29) is 30.7 Å². The fourth-order valence-corrected chi connectivity index (χ4v) is 5.11. The number of nitrogens with one attached hydrogen (secondary N) is 1.